The molecule has 3 nitrogen and oxygen atoms in total. The van der Waals surface area contributed by atoms with Crippen LogP contribution in [0.4, 0.5) is 0 Å². The molecule has 0 aromatic heterocycles. The minimum Gasteiger partial charge on any atom is -0.366 e. The van der Waals surface area contributed by atoms with E-state index in [-0.39, 0.29) is 11.1 Å². The third kappa shape index (κ3) is 3.95. The van der Waals surface area contributed by atoms with E-state index in [0.29, 0.717) is 6.04 Å². The first kappa shape index (κ1) is 12.7. The second kappa shape index (κ2) is 4.26. The molecular weight excluding hydrogens is 206 g/mol. The Kier molecular flexibility index (Phi) is 3.61. The first-order valence-corrected chi connectivity index (χ1v) is 5.92. The molecule has 0 bridgehead atoms. The van der Waals surface area contributed by atoms with Gasteiger partial charge in [0.05, 0.1) is 0 Å². The van der Waals surface area contributed by atoms with Crippen molar-refractivity contribution >= 4 is 17.3 Å². The van der Waals surface area contributed by atoms with E-state index in [9.17, 15) is 0 Å². The maximum absolute atomic E-state index is 5.14. The Bertz CT molecular complexity index is 232. The standard InChI is InChI=1S/C11H23N3S/c1-10(2)6-8(13-9(15)12-5)7-11(3,4)14-10/h8,14H,6-7H2,1-5H3,(H2,12,13,15). The lowest BCUT2D eigenvalue weighted by molar-refractivity contribution is 0.155. The van der Waals surface area contributed by atoms with Crippen molar-refractivity contribution in [2.24, 2.45) is 0 Å². The Morgan fingerprint density at radius 1 is 1.20 bits per heavy atom. The van der Waals surface area contributed by atoms with Crippen molar-refractivity contribution in [3.63, 3.8) is 0 Å². The molecule has 0 unspecified atom stereocenters. The van der Waals surface area contributed by atoms with Gasteiger partial charge >= 0.3 is 0 Å². The SMILES string of the molecule is CNC(=S)NC1CC(C)(C)NC(C)(C)C1. The van der Waals surface area contributed by atoms with Gasteiger partial charge in [0.25, 0.3) is 0 Å². The molecule has 4 heteroatoms. The van der Waals surface area contributed by atoms with Crippen LogP contribution in [0.1, 0.15) is 40.5 Å². The van der Waals surface area contributed by atoms with Crippen molar-refractivity contribution in [3.05, 3.63) is 0 Å². The van der Waals surface area contributed by atoms with Gasteiger partial charge in [0, 0.05) is 24.2 Å². The summed E-state index contributed by atoms with van der Waals surface area (Å²) in [5.74, 6) is 0. The van der Waals surface area contributed by atoms with Crippen LogP contribution in [-0.4, -0.2) is 29.3 Å². The van der Waals surface area contributed by atoms with Crippen LogP contribution in [0.3, 0.4) is 0 Å². The van der Waals surface area contributed by atoms with Gasteiger partial charge < -0.3 is 16.0 Å². The molecule has 0 atom stereocenters. The van der Waals surface area contributed by atoms with Crippen LogP contribution in [0, 0.1) is 0 Å². The first-order chi connectivity index (χ1) is 6.74. The molecule has 0 aromatic carbocycles. The van der Waals surface area contributed by atoms with E-state index in [1.807, 2.05) is 7.05 Å². The number of hydrogen-bond donors (Lipinski definition) is 3. The Hall–Kier alpha value is -0.350. The van der Waals surface area contributed by atoms with Crippen LogP contribution in [0.5, 0.6) is 0 Å². The van der Waals surface area contributed by atoms with Crippen LogP contribution < -0.4 is 16.0 Å². The molecule has 1 saturated heterocycles. The summed E-state index contributed by atoms with van der Waals surface area (Å²) in [5.41, 5.74) is 0.339. The Morgan fingerprint density at radius 3 is 2.07 bits per heavy atom. The zero-order chi connectivity index (χ0) is 11.7. The van der Waals surface area contributed by atoms with Gasteiger partial charge in [0.1, 0.15) is 0 Å². The fraction of sp³-hybridized carbons (Fsp3) is 0.909. The molecule has 0 radical (unpaired) electrons. The van der Waals surface area contributed by atoms with Crippen LogP contribution >= 0.6 is 12.2 Å². The molecule has 0 saturated carbocycles. The van der Waals surface area contributed by atoms with Gasteiger partial charge in [-0.2, -0.15) is 0 Å². The van der Waals surface area contributed by atoms with E-state index < -0.39 is 0 Å². The summed E-state index contributed by atoms with van der Waals surface area (Å²) >= 11 is 5.14. The quantitative estimate of drug-likeness (QED) is 0.594. The maximum Gasteiger partial charge on any atom is 0.166 e. The zero-order valence-electron chi connectivity index (χ0n) is 10.4. The molecule has 88 valence electrons. The summed E-state index contributed by atoms with van der Waals surface area (Å²) in [6.45, 7) is 8.96. The summed E-state index contributed by atoms with van der Waals surface area (Å²) in [6, 6.07) is 0.455. The summed E-state index contributed by atoms with van der Waals surface area (Å²) in [5, 5.41) is 10.7. The molecule has 0 amide bonds. The van der Waals surface area contributed by atoms with Gasteiger partial charge in [0.2, 0.25) is 0 Å². The fourth-order valence-corrected chi connectivity index (χ4v) is 2.85. The highest BCUT2D eigenvalue weighted by Gasteiger charge is 2.37. The Balaban J connectivity index is 2.63. The largest absolute Gasteiger partial charge is 0.366 e. The molecule has 1 aliphatic heterocycles. The number of thiocarbonyl (C=S) groups is 1. The topological polar surface area (TPSA) is 36.1 Å². The van der Waals surface area contributed by atoms with Gasteiger partial charge in [-0.3, -0.25) is 0 Å². The first-order valence-electron chi connectivity index (χ1n) is 5.52. The van der Waals surface area contributed by atoms with Gasteiger partial charge in [-0.1, -0.05) is 0 Å². The maximum atomic E-state index is 5.14. The van der Waals surface area contributed by atoms with Crippen LogP contribution in [0.2, 0.25) is 0 Å². The highest BCUT2D eigenvalue weighted by Crippen LogP contribution is 2.28. The summed E-state index contributed by atoms with van der Waals surface area (Å²) < 4.78 is 0. The Morgan fingerprint density at radius 2 is 1.67 bits per heavy atom. The molecular formula is C11H23N3S. The third-order valence-electron chi connectivity index (χ3n) is 2.75. The number of piperidine rings is 1. The van der Waals surface area contributed by atoms with Crippen molar-refractivity contribution < 1.29 is 0 Å². The zero-order valence-corrected chi connectivity index (χ0v) is 11.2. The van der Waals surface area contributed by atoms with Crippen LogP contribution in [0.25, 0.3) is 0 Å². The molecule has 1 fully saturated rings. The van der Waals surface area contributed by atoms with E-state index in [1.165, 1.54) is 0 Å². The van der Waals surface area contributed by atoms with Crippen molar-refractivity contribution in [2.75, 3.05) is 7.05 Å². The van der Waals surface area contributed by atoms with Crippen molar-refractivity contribution in [3.8, 4) is 0 Å². The van der Waals surface area contributed by atoms with E-state index in [4.69, 9.17) is 12.2 Å². The molecule has 0 aromatic rings. The average Bonchev–Trinajstić information content (AvgIpc) is 1.97. The molecule has 1 heterocycles. The van der Waals surface area contributed by atoms with Gasteiger partial charge in [-0.15, -0.1) is 0 Å². The van der Waals surface area contributed by atoms with Crippen molar-refractivity contribution in [1.82, 2.24) is 16.0 Å². The van der Waals surface area contributed by atoms with Gasteiger partial charge in [-0.25, -0.2) is 0 Å². The van der Waals surface area contributed by atoms with E-state index in [2.05, 4.69) is 43.6 Å². The van der Waals surface area contributed by atoms with Crippen LogP contribution in [-0.2, 0) is 0 Å². The lowest BCUT2D eigenvalue weighted by Crippen LogP contribution is -2.62. The minimum atomic E-state index is 0.169. The molecule has 0 aliphatic carbocycles. The van der Waals surface area contributed by atoms with Crippen molar-refractivity contribution in [2.45, 2.75) is 57.7 Å². The predicted molar refractivity (Wildman–Crippen MR) is 69.1 cm³/mol. The predicted octanol–water partition coefficient (Wildman–Crippen LogP) is 1.39. The Labute approximate surface area is 98.4 Å². The van der Waals surface area contributed by atoms with E-state index >= 15 is 0 Å². The van der Waals surface area contributed by atoms with Gasteiger partial charge in [-0.05, 0) is 52.8 Å². The summed E-state index contributed by atoms with van der Waals surface area (Å²) in [7, 11) is 1.85. The lowest BCUT2D eigenvalue weighted by atomic mass is 9.80. The molecule has 0 spiro atoms. The van der Waals surface area contributed by atoms with Gasteiger partial charge in [0.15, 0.2) is 5.11 Å². The number of hydrogen-bond acceptors (Lipinski definition) is 2. The summed E-state index contributed by atoms with van der Waals surface area (Å²) in [4.78, 5) is 0. The number of nitrogens with one attached hydrogen (secondary N) is 3. The minimum absolute atomic E-state index is 0.169. The summed E-state index contributed by atoms with van der Waals surface area (Å²) in [6.07, 6.45) is 2.19. The fourth-order valence-electron chi connectivity index (χ4n) is 2.68. The normalized spacial score (nSPS) is 24.6. The molecule has 3 N–H and O–H groups in total. The third-order valence-corrected chi connectivity index (χ3v) is 3.07. The molecule has 1 aliphatic rings. The second-order valence-electron chi connectivity index (χ2n) is 5.72. The molecule has 15 heavy (non-hydrogen) atoms. The van der Waals surface area contributed by atoms with Crippen LogP contribution in [0.15, 0.2) is 0 Å². The van der Waals surface area contributed by atoms with E-state index in [0.717, 1.165) is 18.0 Å². The average molecular weight is 229 g/mol. The smallest absolute Gasteiger partial charge is 0.166 e. The highest BCUT2D eigenvalue weighted by atomic mass is 32.1. The van der Waals surface area contributed by atoms with Crippen molar-refractivity contribution in [1.29, 1.82) is 0 Å². The highest BCUT2D eigenvalue weighted by molar-refractivity contribution is 7.80. The molecule has 1 rings (SSSR count). The second-order valence-corrected chi connectivity index (χ2v) is 6.13. The number of rotatable bonds is 1. The monoisotopic (exact) mass is 229 g/mol. The lowest BCUT2D eigenvalue weighted by Gasteiger charge is -2.46. The van der Waals surface area contributed by atoms with E-state index in [1.54, 1.807) is 0 Å².